The van der Waals surface area contributed by atoms with E-state index in [1.165, 1.54) is 19.4 Å². The van der Waals surface area contributed by atoms with E-state index in [1.54, 1.807) is 12.1 Å². The lowest BCUT2D eigenvalue weighted by atomic mass is 10.2. The van der Waals surface area contributed by atoms with E-state index < -0.39 is 17.2 Å². The van der Waals surface area contributed by atoms with Crippen LogP contribution in [0.2, 0.25) is 0 Å². The van der Waals surface area contributed by atoms with E-state index in [9.17, 15) is 19.5 Å². The summed E-state index contributed by atoms with van der Waals surface area (Å²) >= 11 is 0. The van der Waals surface area contributed by atoms with Gasteiger partial charge in [-0.2, -0.15) is 5.10 Å². The van der Waals surface area contributed by atoms with Crippen LogP contribution < -0.4 is 26.7 Å². The van der Waals surface area contributed by atoms with Crippen molar-refractivity contribution >= 4 is 17.9 Å². The van der Waals surface area contributed by atoms with Crippen molar-refractivity contribution in [2.75, 3.05) is 19.0 Å². The molecule has 0 aliphatic heterocycles. The number of aromatic nitrogens is 3. The van der Waals surface area contributed by atoms with E-state index in [1.807, 2.05) is 4.98 Å². The second kappa shape index (κ2) is 8.29. The SMILES string of the molecule is COc1ccc(/C=N/NC(=O)CCNc2n[nH]c(=O)[nH]c2=O)cc1O. The number of ether oxygens (including phenoxy) is 1. The normalized spacial score (nSPS) is 10.6. The van der Waals surface area contributed by atoms with Crippen molar-refractivity contribution in [1.82, 2.24) is 20.6 Å². The second-order valence-corrected chi connectivity index (χ2v) is 4.76. The number of aromatic hydroxyl groups is 1. The van der Waals surface area contributed by atoms with Crippen LogP contribution in [0.1, 0.15) is 12.0 Å². The summed E-state index contributed by atoms with van der Waals surface area (Å²) < 4.78 is 4.92. The van der Waals surface area contributed by atoms with Crippen LogP contribution in [0.3, 0.4) is 0 Å². The fraction of sp³-hybridized carbons (Fsp3) is 0.214. The van der Waals surface area contributed by atoms with Crippen LogP contribution in [0.5, 0.6) is 11.5 Å². The zero-order valence-electron chi connectivity index (χ0n) is 13.2. The number of benzene rings is 1. The molecule has 0 saturated carbocycles. The van der Waals surface area contributed by atoms with E-state index in [0.29, 0.717) is 11.3 Å². The first-order valence-electron chi connectivity index (χ1n) is 7.11. The predicted molar refractivity (Wildman–Crippen MR) is 89.0 cm³/mol. The third-order valence-corrected chi connectivity index (χ3v) is 2.96. The molecule has 132 valence electrons. The number of H-pyrrole nitrogens is 2. The number of amides is 1. The summed E-state index contributed by atoms with van der Waals surface area (Å²) in [6, 6.07) is 4.66. The molecule has 0 bridgehead atoms. The number of hydrogen-bond acceptors (Lipinski definition) is 8. The summed E-state index contributed by atoms with van der Waals surface area (Å²) in [4.78, 5) is 35.8. The number of carbonyl (C=O) groups is 1. The fourth-order valence-corrected chi connectivity index (χ4v) is 1.78. The second-order valence-electron chi connectivity index (χ2n) is 4.76. The Morgan fingerprint density at radius 2 is 2.24 bits per heavy atom. The van der Waals surface area contributed by atoms with E-state index in [4.69, 9.17) is 4.74 Å². The highest BCUT2D eigenvalue weighted by Crippen LogP contribution is 2.25. The van der Waals surface area contributed by atoms with Crippen LogP contribution in [0.15, 0.2) is 32.9 Å². The number of methoxy groups -OCH3 is 1. The Bertz CT molecular complexity index is 888. The van der Waals surface area contributed by atoms with Gasteiger partial charge in [-0.1, -0.05) is 0 Å². The molecule has 5 N–H and O–H groups in total. The van der Waals surface area contributed by atoms with Crippen LogP contribution in [-0.4, -0.2) is 46.1 Å². The molecule has 1 heterocycles. The molecule has 0 fully saturated rings. The Kier molecular flexibility index (Phi) is 5.87. The number of nitrogens with zero attached hydrogens (tertiary/aromatic N) is 2. The average molecular weight is 348 g/mol. The molecule has 0 spiro atoms. The zero-order valence-corrected chi connectivity index (χ0v) is 13.2. The molecule has 1 aromatic heterocycles. The Morgan fingerprint density at radius 3 is 2.92 bits per heavy atom. The van der Waals surface area contributed by atoms with Crippen LogP contribution in [0.25, 0.3) is 0 Å². The Morgan fingerprint density at radius 1 is 1.44 bits per heavy atom. The highest BCUT2D eigenvalue weighted by atomic mass is 16.5. The summed E-state index contributed by atoms with van der Waals surface area (Å²) in [5.74, 6) is -0.203. The first-order chi connectivity index (χ1) is 12.0. The molecular formula is C14H16N6O5. The number of carbonyl (C=O) groups excluding carboxylic acids is 1. The quantitative estimate of drug-likeness (QED) is 0.321. The van der Waals surface area contributed by atoms with Gasteiger partial charge in [0, 0.05) is 13.0 Å². The van der Waals surface area contributed by atoms with Crippen LogP contribution >= 0.6 is 0 Å². The smallest absolute Gasteiger partial charge is 0.342 e. The van der Waals surface area contributed by atoms with Crippen molar-refractivity contribution in [3.05, 3.63) is 44.6 Å². The van der Waals surface area contributed by atoms with Crippen LogP contribution in [0, 0.1) is 0 Å². The predicted octanol–water partition coefficient (Wildman–Crippen LogP) is -0.875. The van der Waals surface area contributed by atoms with Gasteiger partial charge in [-0.3, -0.25) is 14.6 Å². The summed E-state index contributed by atoms with van der Waals surface area (Å²) in [5.41, 5.74) is 1.48. The zero-order chi connectivity index (χ0) is 18.2. The number of rotatable bonds is 7. The van der Waals surface area contributed by atoms with E-state index in [0.717, 1.165) is 0 Å². The van der Waals surface area contributed by atoms with Gasteiger partial charge >= 0.3 is 5.69 Å². The fourth-order valence-electron chi connectivity index (χ4n) is 1.78. The summed E-state index contributed by atoms with van der Waals surface area (Å²) in [7, 11) is 1.44. The monoisotopic (exact) mass is 348 g/mol. The lowest BCUT2D eigenvalue weighted by molar-refractivity contribution is -0.120. The lowest BCUT2D eigenvalue weighted by Crippen LogP contribution is -2.28. The van der Waals surface area contributed by atoms with E-state index in [-0.39, 0.29) is 24.5 Å². The third-order valence-electron chi connectivity index (χ3n) is 2.96. The number of hydrogen-bond donors (Lipinski definition) is 5. The van der Waals surface area contributed by atoms with Gasteiger partial charge in [0.2, 0.25) is 11.7 Å². The molecular weight excluding hydrogens is 332 g/mol. The molecule has 0 saturated heterocycles. The molecule has 11 heteroatoms. The minimum Gasteiger partial charge on any atom is -0.504 e. The molecule has 0 aliphatic carbocycles. The van der Waals surface area contributed by atoms with Gasteiger partial charge in [-0.05, 0) is 23.8 Å². The van der Waals surface area contributed by atoms with Crippen molar-refractivity contribution in [3.63, 3.8) is 0 Å². The number of nitrogens with one attached hydrogen (secondary N) is 4. The molecule has 0 aliphatic rings. The van der Waals surface area contributed by atoms with E-state index >= 15 is 0 Å². The molecule has 1 aromatic carbocycles. The van der Waals surface area contributed by atoms with Gasteiger partial charge in [-0.25, -0.2) is 15.3 Å². The summed E-state index contributed by atoms with van der Waals surface area (Å²) in [6.07, 6.45) is 1.38. The largest absolute Gasteiger partial charge is 0.504 e. The molecule has 0 atom stereocenters. The van der Waals surface area contributed by atoms with Crippen LogP contribution in [-0.2, 0) is 4.79 Å². The molecule has 25 heavy (non-hydrogen) atoms. The molecule has 1 amide bonds. The van der Waals surface area contributed by atoms with Gasteiger partial charge in [0.05, 0.1) is 13.3 Å². The molecule has 2 aromatic rings. The topological polar surface area (TPSA) is 162 Å². The minimum atomic E-state index is -0.716. The third kappa shape index (κ3) is 5.20. The number of phenolic OH excluding ortho intramolecular Hbond substituents is 1. The first-order valence-corrected chi connectivity index (χ1v) is 7.11. The van der Waals surface area contributed by atoms with Crippen molar-refractivity contribution in [2.45, 2.75) is 6.42 Å². The average Bonchev–Trinajstić information content (AvgIpc) is 2.57. The van der Waals surface area contributed by atoms with Crippen molar-refractivity contribution in [1.29, 1.82) is 0 Å². The molecule has 2 rings (SSSR count). The molecule has 0 unspecified atom stereocenters. The van der Waals surface area contributed by atoms with E-state index in [2.05, 4.69) is 26.0 Å². The first kappa shape index (κ1) is 17.7. The standard InChI is InChI=1S/C14H16N6O5/c1-25-10-3-2-8(6-9(10)21)7-16-18-11(22)4-5-15-12-13(23)17-14(24)20-19-12/h2-3,6-7,21H,4-5H2,1H3,(H,15,19)(H,18,22)(H2,17,20,23,24)/b16-7+. The van der Waals surface area contributed by atoms with Crippen molar-refractivity contribution < 1.29 is 14.6 Å². The summed E-state index contributed by atoms with van der Waals surface area (Å²) in [5, 5.41) is 21.6. The van der Waals surface area contributed by atoms with Gasteiger partial charge in [0.15, 0.2) is 11.5 Å². The van der Waals surface area contributed by atoms with Gasteiger partial charge in [0.25, 0.3) is 5.56 Å². The minimum absolute atomic E-state index is 0.0193. The Balaban J connectivity index is 1.79. The maximum atomic E-state index is 11.6. The molecule has 0 radical (unpaired) electrons. The van der Waals surface area contributed by atoms with Crippen molar-refractivity contribution in [2.24, 2.45) is 5.10 Å². The van der Waals surface area contributed by atoms with Gasteiger partial charge in [-0.15, -0.1) is 5.10 Å². The highest BCUT2D eigenvalue weighted by Gasteiger charge is 2.04. The maximum Gasteiger partial charge on any atom is 0.342 e. The number of phenols is 1. The molecule has 11 nitrogen and oxygen atoms in total. The van der Waals surface area contributed by atoms with Crippen molar-refractivity contribution in [3.8, 4) is 11.5 Å². The lowest BCUT2D eigenvalue weighted by Gasteiger charge is -2.04. The highest BCUT2D eigenvalue weighted by molar-refractivity contribution is 5.83. The number of aromatic amines is 2. The Labute approximate surface area is 140 Å². The number of anilines is 1. The number of hydrazone groups is 1. The van der Waals surface area contributed by atoms with Crippen LogP contribution in [0.4, 0.5) is 5.82 Å². The maximum absolute atomic E-state index is 11.6. The Hall–Kier alpha value is -3.63. The van der Waals surface area contributed by atoms with Gasteiger partial charge in [0.1, 0.15) is 0 Å². The van der Waals surface area contributed by atoms with Gasteiger partial charge < -0.3 is 15.2 Å². The summed E-state index contributed by atoms with van der Waals surface area (Å²) in [6.45, 7) is 0.118.